The minimum Gasteiger partial charge on any atom is -0.426 e. The third-order valence-electron chi connectivity index (χ3n) is 3.12. The van der Waals surface area contributed by atoms with Crippen LogP contribution in [0.2, 0.25) is 0 Å². The maximum absolute atomic E-state index is 12.0. The fraction of sp³-hybridized carbons (Fsp3) is 0.467. The molecule has 3 nitrogen and oxygen atoms in total. The van der Waals surface area contributed by atoms with Gasteiger partial charge in [-0.15, -0.1) is 0 Å². The molecule has 2 rings (SSSR count). The summed E-state index contributed by atoms with van der Waals surface area (Å²) in [7, 11) is 0. The Labute approximate surface area is 126 Å². The van der Waals surface area contributed by atoms with Gasteiger partial charge in [-0.3, -0.25) is 9.59 Å². The van der Waals surface area contributed by atoms with E-state index in [1.165, 1.54) is 0 Å². The molecule has 1 aliphatic carbocycles. The SMILES string of the molecule is CC(C)(C)C(=O)Oc1ccc2c(c1)CCC(I)C2=O. The highest BCUT2D eigenvalue weighted by molar-refractivity contribution is 14.1. The van der Waals surface area contributed by atoms with E-state index in [1.807, 2.05) is 26.8 Å². The van der Waals surface area contributed by atoms with Gasteiger partial charge in [-0.1, -0.05) is 22.6 Å². The second-order valence-electron chi connectivity index (χ2n) is 5.83. The van der Waals surface area contributed by atoms with E-state index in [0.29, 0.717) is 5.75 Å². The quantitative estimate of drug-likeness (QED) is 0.328. The van der Waals surface area contributed by atoms with Crippen molar-refractivity contribution >= 4 is 34.3 Å². The van der Waals surface area contributed by atoms with Crippen LogP contribution in [0.1, 0.15) is 43.1 Å². The first kappa shape index (κ1) is 14.5. The molecule has 0 saturated carbocycles. The van der Waals surface area contributed by atoms with Gasteiger partial charge in [-0.2, -0.15) is 0 Å². The van der Waals surface area contributed by atoms with E-state index in [2.05, 4.69) is 22.6 Å². The highest BCUT2D eigenvalue weighted by Crippen LogP contribution is 2.29. The zero-order valence-corrected chi connectivity index (χ0v) is 13.5. The fourth-order valence-electron chi connectivity index (χ4n) is 1.92. The molecule has 1 aromatic rings. The standard InChI is InChI=1S/C15H17IO3/c1-15(2,3)14(18)19-10-5-6-11-9(8-10)4-7-12(16)13(11)17/h5-6,8,12H,4,7H2,1-3H3. The number of halogens is 1. The van der Waals surface area contributed by atoms with Crippen LogP contribution < -0.4 is 4.74 Å². The Morgan fingerprint density at radius 1 is 1.37 bits per heavy atom. The topological polar surface area (TPSA) is 43.4 Å². The lowest BCUT2D eigenvalue weighted by Crippen LogP contribution is -2.26. The van der Waals surface area contributed by atoms with Gasteiger partial charge in [-0.05, 0) is 57.4 Å². The third kappa shape index (κ3) is 3.16. The minimum atomic E-state index is -0.529. The van der Waals surface area contributed by atoms with E-state index >= 15 is 0 Å². The Balaban J connectivity index is 2.23. The lowest BCUT2D eigenvalue weighted by Gasteiger charge is -2.21. The zero-order chi connectivity index (χ0) is 14.2. The van der Waals surface area contributed by atoms with Gasteiger partial charge in [0.15, 0.2) is 5.78 Å². The molecule has 102 valence electrons. The van der Waals surface area contributed by atoms with Crippen LogP contribution in [-0.4, -0.2) is 15.7 Å². The van der Waals surface area contributed by atoms with E-state index in [1.54, 1.807) is 12.1 Å². The average molecular weight is 372 g/mol. The van der Waals surface area contributed by atoms with Crippen LogP contribution >= 0.6 is 22.6 Å². The van der Waals surface area contributed by atoms with Crippen molar-refractivity contribution in [3.8, 4) is 5.75 Å². The molecule has 1 unspecified atom stereocenters. The van der Waals surface area contributed by atoms with E-state index in [4.69, 9.17) is 4.74 Å². The van der Waals surface area contributed by atoms with Gasteiger partial charge < -0.3 is 4.74 Å². The van der Waals surface area contributed by atoms with Crippen LogP contribution in [0.4, 0.5) is 0 Å². The number of ether oxygens (including phenoxy) is 1. The second kappa shape index (κ2) is 5.23. The van der Waals surface area contributed by atoms with Crippen molar-refractivity contribution < 1.29 is 14.3 Å². The van der Waals surface area contributed by atoms with Crippen molar-refractivity contribution in [1.82, 2.24) is 0 Å². The number of carbonyl (C=O) groups is 2. The van der Waals surface area contributed by atoms with Gasteiger partial charge >= 0.3 is 5.97 Å². The van der Waals surface area contributed by atoms with Crippen molar-refractivity contribution in [2.75, 3.05) is 0 Å². The molecule has 0 spiro atoms. The lowest BCUT2D eigenvalue weighted by atomic mass is 9.90. The number of rotatable bonds is 1. The van der Waals surface area contributed by atoms with Crippen LogP contribution in [0.25, 0.3) is 0 Å². The molecule has 19 heavy (non-hydrogen) atoms. The molecule has 0 radical (unpaired) electrons. The maximum atomic E-state index is 12.0. The van der Waals surface area contributed by atoms with Gasteiger partial charge in [0.1, 0.15) is 5.75 Å². The molecule has 0 bridgehead atoms. The molecular weight excluding hydrogens is 355 g/mol. The molecule has 1 atom stereocenters. The first-order valence-electron chi connectivity index (χ1n) is 6.32. The number of benzene rings is 1. The molecule has 4 heteroatoms. The molecule has 1 aliphatic rings. The minimum absolute atomic E-state index is 0.0630. The summed E-state index contributed by atoms with van der Waals surface area (Å²) in [6, 6.07) is 5.29. The van der Waals surface area contributed by atoms with Crippen molar-refractivity contribution in [2.45, 2.75) is 37.5 Å². The lowest BCUT2D eigenvalue weighted by molar-refractivity contribution is -0.142. The number of hydrogen-bond donors (Lipinski definition) is 0. The van der Waals surface area contributed by atoms with Crippen LogP contribution in [-0.2, 0) is 11.2 Å². The predicted octanol–water partition coefficient (Wildman–Crippen LogP) is 3.57. The summed E-state index contributed by atoms with van der Waals surface area (Å²) in [5.41, 5.74) is 1.22. The Morgan fingerprint density at radius 2 is 2.05 bits per heavy atom. The number of hydrogen-bond acceptors (Lipinski definition) is 3. The van der Waals surface area contributed by atoms with Gasteiger partial charge in [0.2, 0.25) is 0 Å². The molecule has 0 aliphatic heterocycles. The highest BCUT2D eigenvalue weighted by atomic mass is 127. The van der Waals surface area contributed by atoms with Crippen LogP contribution in [0.3, 0.4) is 0 Å². The first-order valence-corrected chi connectivity index (χ1v) is 7.57. The normalized spacial score (nSPS) is 18.9. The molecule has 0 aromatic heterocycles. The average Bonchev–Trinajstić information content (AvgIpc) is 2.33. The van der Waals surface area contributed by atoms with Crippen molar-refractivity contribution in [3.05, 3.63) is 29.3 Å². The number of alkyl halides is 1. The smallest absolute Gasteiger partial charge is 0.316 e. The van der Waals surface area contributed by atoms with Gasteiger partial charge in [0.05, 0.1) is 9.34 Å². The van der Waals surface area contributed by atoms with Crippen LogP contribution in [0, 0.1) is 5.41 Å². The van der Waals surface area contributed by atoms with Crippen molar-refractivity contribution in [3.63, 3.8) is 0 Å². The molecule has 0 N–H and O–H groups in total. The summed E-state index contributed by atoms with van der Waals surface area (Å²) >= 11 is 2.18. The molecule has 0 fully saturated rings. The zero-order valence-electron chi connectivity index (χ0n) is 11.3. The summed E-state index contributed by atoms with van der Waals surface area (Å²) in [5, 5.41) is 0. The Kier molecular flexibility index (Phi) is 3.99. The fourth-order valence-corrected chi connectivity index (χ4v) is 2.57. The Bertz CT molecular complexity index is 529. The van der Waals surface area contributed by atoms with Gasteiger partial charge in [-0.25, -0.2) is 0 Å². The second-order valence-corrected chi connectivity index (χ2v) is 7.33. The van der Waals surface area contributed by atoms with E-state index in [0.717, 1.165) is 24.0 Å². The largest absolute Gasteiger partial charge is 0.426 e. The number of ketones is 1. The summed E-state index contributed by atoms with van der Waals surface area (Å²) in [4.78, 5) is 23.8. The Morgan fingerprint density at radius 3 is 2.68 bits per heavy atom. The summed E-state index contributed by atoms with van der Waals surface area (Å²) < 4.78 is 5.42. The summed E-state index contributed by atoms with van der Waals surface area (Å²) in [6.45, 7) is 5.45. The third-order valence-corrected chi connectivity index (χ3v) is 4.31. The highest BCUT2D eigenvalue weighted by Gasteiger charge is 2.27. The number of fused-ring (bicyclic) bond motifs is 1. The number of Topliss-reactive ketones (excluding diaryl/α,β-unsaturated/α-hetero) is 1. The van der Waals surface area contributed by atoms with Crippen LogP contribution in [0.15, 0.2) is 18.2 Å². The molecule has 1 aromatic carbocycles. The first-order chi connectivity index (χ1) is 8.79. The van der Waals surface area contributed by atoms with Crippen molar-refractivity contribution in [2.24, 2.45) is 5.41 Å². The molecule has 0 saturated heterocycles. The van der Waals surface area contributed by atoms with E-state index in [9.17, 15) is 9.59 Å². The number of esters is 1. The Hall–Kier alpha value is -0.910. The van der Waals surface area contributed by atoms with Gasteiger partial charge in [0, 0.05) is 5.56 Å². The maximum Gasteiger partial charge on any atom is 0.316 e. The number of aryl methyl sites for hydroxylation is 1. The number of carbonyl (C=O) groups excluding carboxylic acids is 2. The monoisotopic (exact) mass is 372 g/mol. The van der Waals surface area contributed by atoms with E-state index < -0.39 is 5.41 Å². The molecular formula is C15H17IO3. The molecule has 0 amide bonds. The summed E-state index contributed by atoms with van der Waals surface area (Å²) in [6.07, 6.45) is 1.71. The predicted molar refractivity (Wildman–Crippen MR) is 82.0 cm³/mol. The molecule has 0 heterocycles. The van der Waals surface area contributed by atoms with E-state index in [-0.39, 0.29) is 15.7 Å². The summed E-state index contributed by atoms with van der Waals surface area (Å²) in [5.74, 6) is 0.440. The van der Waals surface area contributed by atoms with Crippen molar-refractivity contribution in [1.29, 1.82) is 0 Å². The van der Waals surface area contributed by atoms with Gasteiger partial charge in [0.25, 0.3) is 0 Å². The van der Waals surface area contributed by atoms with Crippen LogP contribution in [0.5, 0.6) is 5.75 Å².